The number of hydrogen-bond donors (Lipinski definition) is 1. The minimum atomic E-state index is -0.838. The summed E-state index contributed by atoms with van der Waals surface area (Å²) in [6.07, 6.45) is -0.838. The second-order valence-corrected chi connectivity index (χ2v) is 4.39. The molecule has 0 amide bonds. The molecule has 1 atom stereocenters. The molecule has 0 aliphatic heterocycles. The monoisotopic (exact) mass is 289 g/mol. The Balaban J connectivity index is 2.80. The van der Waals surface area contributed by atoms with Crippen molar-refractivity contribution in [3.8, 4) is 5.75 Å². The predicted octanol–water partition coefficient (Wildman–Crippen LogP) is 2.33. The van der Waals surface area contributed by atoms with E-state index >= 15 is 0 Å². The maximum absolute atomic E-state index is 10.9. The van der Waals surface area contributed by atoms with Crippen molar-refractivity contribution >= 4 is 17.3 Å². The van der Waals surface area contributed by atoms with Gasteiger partial charge in [-0.3, -0.25) is 10.1 Å². The van der Waals surface area contributed by atoms with Crippen molar-refractivity contribution in [1.29, 1.82) is 0 Å². The number of ether oxygens (including phenoxy) is 2. The molecule has 1 rings (SSSR count). The van der Waals surface area contributed by atoms with E-state index in [1.54, 1.807) is 13.0 Å². The quantitative estimate of drug-likeness (QED) is 0.615. The smallest absolute Gasteiger partial charge is 0.312 e. The molecule has 0 saturated heterocycles. The van der Waals surface area contributed by atoms with E-state index in [-0.39, 0.29) is 29.7 Å². The lowest BCUT2D eigenvalue weighted by Gasteiger charge is -2.14. The summed E-state index contributed by atoms with van der Waals surface area (Å²) in [6.45, 7) is 3.99. The molecule has 0 heterocycles. The molecule has 1 aromatic carbocycles. The normalized spacial score (nSPS) is 12.2. The van der Waals surface area contributed by atoms with Crippen LogP contribution in [0.5, 0.6) is 5.75 Å². The summed E-state index contributed by atoms with van der Waals surface area (Å²) in [5, 5.41) is 20.8. The molecule has 0 saturated carbocycles. The fourth-order valence-corrected chi connectivity index (χ4v) is 1.78. The number of aliphatic hydroxyl groups excluding tert-OH is 1. The molecule has 0 unspecified atom stereocenters. The molecule has 0 aliphatic rings. The fraction of sp³-hybridized carbons (Fsp3) is 0.500. The summed E-state index contributed by atoms with van der Waals surface area (Å²) >= 11 is 5.77. The van der Waals surface area contributed by atoms with Crippen LogP contribution in [0.25, 0.3) is 0 Å². The van der Waals surface area contributed by atoms with Crippen LogP contribution in [0.3, 0.4) is 0 Å². The average Bonchev–Trinajstić information content (AvgIpc) is 2.34. The van der Waals surface area contributed by atoms with E-state index in [0.717, 1.165) is 0 Å². The Morgan fingerprint density at radius 3 is 2.74 bits per heavy atom. The fourth-order valence-electron chi connectivity index (χ4n) is 1.52. The molecular formula is C12H16ClNO5. The first kappa shape index (κ1) is 15.7. The molecular weight excluding hydrogens is 274 g/mol. The van der Waals surface area contributed by atoms with Gasteiger partial charge >= 0.3 is 5.69 Å². The van der Waals surface area contributed by atoms with Crippen LogP contribution < -0.4 is 4.74 Å². The van der Waals surface area contributed by atoms with E-state index in [2.05, 4.69) is 0 Å². The maximum atomic E-state index is 10.9. The SMILES string of the molecule is CCOC[C@H](O)COc1c(C)cc(Cl)cc1[N+](=O)[O-]. The number of halogens is 1. The Morgan fingerprint density at radius 2 is 2.16 bits per heavy atom. The summed E-state index contributed by atoms with van der Waals surface area (Å²) in [4.78, 5) is 10.4. The zero-order valence-electron chi connectivity index (χ0n) is 10.8. The highest BCUT2D eigenvalue weighted by molar-refractivity contribution is 6.31. The van der Waals surface area contributed by atoms with Crippen LogP contribution in [0.1, 0.15) is 12.5 Å². The van der Waals surface area contributed by atoms with Crippen LogP contribution in [0.4, 0.5) is 5.69 Å². The van der Waals surface area contributed by atoms with Crippen molar-refractivity contribution in [2.45, 2.75) is 20.0 Å². The third kappa shape index (κ3) is 4.66. The van der Waals surface area contributed by atoms with Crippen molar-refractivity contribution in [2.24, 2.45) is 0 Å². The lowest BCUT2D eigenvalue weighted by Crippen LogP contribution is -2.23. The molecule has 0 bridgehead atoms. The van der Waals surface area contributed by atoms with E-state index in [0.29, 0.717) is 12.2 Å². The topological polar surface area (TPSA) is 81.8 Å². The number of benzene rings is 1. The third-order valence-electron chi connectivity index (χ3n) is 2.35. The molecule has 0 fully saturated rings. The summed E-state index contributed by atoms with van der Waals surface area (Å²) < 4.78 is 10.3. The second-order valence-electron chi connectivity index (χ2n) is 3.95. The molecule has 19 heavy (non-hydrogen) atoms. The highest BCUT2D eigenvalue weighted by Crippen LogP contribution is 2.33. The predicted molar refractivity (Wildman–Crippen MR) is 70.8 cm³/mol. The van der Waals surface area contributed by atoms with E-state index in [1.807, 2.05) is 6.92 Å². The molecule has 0 radical (unpaired) electrons. The van der Waals surface area contributed by atoms with Crippen LogP contribution in [-0.4, -0.2) is 36.0 Å². The minimum Gasteiger partial charge on any atom is -0.484 e. The Labute approximate surface area is 116 Å². The maximum Gasteiger partial charge on any atom is 0.312 e. The van der Waals surface area contributed by atoms with Crippen molar-refractivity contribution in [1.82, 2.24) is 0 Å². The van der Waals surface area contributed by atoms with Gasteiger partial charge in [0.15, 0.2) is 5.75 Å². The highest BCUT2D eigenvalue weighted by Gasteiger charge is 2.20. The van der Waals surface area contributed by atoms with Crippen molar-refractivity contribution in [2.75, 3.05) is 19.8 Å². The van der Waals surface area contributed by atoms with Gasteiger partial charge in [0.05, 0.1) is 11.5 Å². The number of nitro groups is 1. The van der Waals surface area contributed by atoms with E-state index in [1.165, 1.54) is 6.07 Å². The van der Waals surface area contributed by atoms with Crippen LogP contribution in [-0.2, 0) is 4.74 Å². The largest absolute Gasteiger partial charge is 0.484 e. The number of aryl methyl sites for hydroxylation is 1. The summed E-state index contributed by atoms with van der Waals surface area (Å²) in [5.41, 5.74) is 0.330. The van der Waals surface area contributed by atoms with Gasteiger partial charge in [-0.15, -0.1) is 0 Å². The third-order valence-corrected chi connectivity index (χ3v) is 2.57. The van der Waals surface area contributed by atoms with Gasteiger partial charge in [0.2, 0.25) is 0 Å². The van der Waals surface area contributed by atoms with Gasteiger partial charge < -0.3 is 14.6 Å². The van der Waals surface area contributed by atoms with Gasteiger partial charge in [-0.25, -0.2) is 0 Å². The number of hydrogen-bond acceptors (Lipinski definition) is 5. The number of nitro benzene ring substituents is 1. The first-order valence-corrected chi connectivity index (χ1v) is 6.16. The van der Waals surface area contributed by atoms with Crippen molar-refractivity contribution < 1.29 is 19.5 Å². The van der Waals surface area contributed by atoms with Gasteiger partial charge in [0.1, 0.15) is 12.7 Å². The molecule has 6 nitrogen and oxygen atoms in total. The van der Waals surface area contributed by atoms with Crippen molar-refractivity contribution in [3.63, 3.8) is 0 Å². The molecule has 1 N–H and O–H groups in total. The first-order valence-electron chi connectivity index (χ1n) is 5.78. The number of nitrogens with zero attached hydrogens (tertiary/aromatic N) is 1. The van der Waals surface area contributed by atoms with Crippen molar-refractivity contribution in [3.05, 3.63) is 32.8 Å². The van der Waals surface area contributed by atoms with Crippen LogP contribution in [0, 0.1) is 17.0 Å². The van der Waals surface area contributed by atoms with Gasteiger partial charge in [-0.05, 0) is 25.5 Å². The number of aliphatic hydroxyl groups is 1. The van der Waals surface area contributed by atoms with Gasteiger partial charge in [-0.1, -0.05) is 11.6 Å². The average molecular weight is 290 g/mol. The highest BCUT2D eigenvalue weighted by atomic mass is 35.5. The lowest BCUT2D eigenvalue weighted by atomic mass is 10.2. The lowest BCUT2D eigenvalue weighted by molar-refractivity contribution is -0.386. The van der Waals surface area contributed by atoms with Crippen LogP contribution in [0.15, 0.2) is 12.1 Å². The Bertz CT molecular complexity index is 452. The van der Waals surface area contributed by atoms with Crippen LogP contribution in [0.2, 0.25) is 5.02 Å². The molecule has 0 aromatic heterocycles. The first-order chi connectivity index (χ1) is 8.95. The summed E-state index contributed by atoms with van der Waals surface area (Å²) in [5.74, 6) is 0.116. The minimum absolute atomic E-state index is 0.0800. The Morgan fingerprint density at radius 1 is 1.47 bits per heavy atom. The Hall–Kier alpha value is -1.37. The standard InChI is InChI=1S/C12H16ClNO5/c1-3-18-6-10(15)7-19-12-8(2)4-9(13)5-11(12)14(16)17/h4-5,10,15H,3,6-7H2,1-2H3/t10-/m0/s1. The van der Waals surface area contributed by atoms with Gasteiger partial charge in [-0.2, -0.15) is 0 Å². The van der Waals surface area contributed by atoms with Gasteiger partial charge in [0, 0.05) is 17.7 Å². The van der Waals surface area contributed by atoms with E-state index < -0.39 is 11.0 Å². The van der Waals surface area contributed by atoms with E-state index in [4.69, 9.17) is 21.1 Å². The zero-order valence-corrected chi connectivity index (χ0v) is 11.5. The Kier molecular flexibility index (Phi) is 6.01. The molecule has 7 heteroatoms. The molecule has 106 valence electrons. The van der Waals surface area contributed by atoms with E-state index in [9.17, 15) is 15.2 Å². The molecule has 0 spiro atoms. The summed E-state index contributed by atoms with van der Waals surface area (Å²) in [7, 11) is 0. The van der Waals surface area contributed by atoms with Crippen LogP contribution >= 0.6 is 11.6 Å². The summed E-state index contributed by atoms with van der Waals surface area (Å²) in [6, 6.07) is 2.79. The molecule has 1 aromatic rings. The zero-order chi connectivity index (χ0) is 14.4. The molecule has 0 aliphatic carbocycles. The van der Waals surface area contributed by atoms with Gasteiger partial charge in [0.25, 0.3) is 0 Å². The second kappa shape index (κ2) is 7.28. The number of rotatable bonds is 7.